The van der Waals surface area contributed by atoms with Gasteiger partial charge in [-0.25, -0.2) is 0 Å². The lowest BCUT2D eigenvalue weighted by molar-refractivity contribution is -0.116. The van der Waals surface area contributed by atoms with Gasteiger partial charge in [-0.3, -0.25) is 14.4 Å². The molecule has 1 atom stereocenters. The normalized spacial score (nSPS) is 11.3. The molecular weight excluding hydrogens is 414 g/mol. The molecule has 0 bridgehead atoms. The number of rotatable bonds is 7. The van der Waals surface area contributed by atoms with Crippen LogP contribution in [0.2, 0.25) is 5.02 Å². The molecule has 2 amide bonds. The molecular formula is C24H22ClN3O3. The maximum Gasteiger partial charge on any atom is 0.255 e. The van der Waals surface area contributed by atoms with Gasteiger partial charge >= 0.3 is 0 Å². The molecule has 0 fully saturated rings. The largest absolute Gasteiger partial charge is 0.374 e. The van der Waals surface area contributed by atoms with Crippen molar-refractivity contribution in [3.63, 3.8) is 0 Å². The van der Waals surface area contributed by atoms with Crippen LogP contribution in [0.3, 0.4) is 0 Å². The van der Waals surface area contributed by atoms with E-state index in [1.54, 1.807) is 79.7 Å². The molecule has 3 N–H and O–H groups in total. The van der Waals surface area contributed by atoms with E-state index in [-0.39, 0.29) is 17.6 Å². The summed E-state index contributed by atoms with van der Waals surface area (Å²) in [7, 11) is 0. The molecule has 3 rings (SSSR count). The maximum absolute atomic E-state index is 12.5. The summed E-state index contributed by atoms with van der Waals surface area (Å²) in [6.45, 7) is 3.22. The van der Waals surface area contributed by atoms with Crippen LogP contribution in [0.5, 0.6) is 0 Å². The molecule has 7 heteroatoms. The van der Waals surface area contributed by atoms with Crippen molar-refractivity contribution in [2.24, 2.45) is 0 Å². The fourth-order valence-corrected chi connectivity index (χ4v) is 2.96. The van der Waals surface area contributed by atoms with Gasteiger partial charge in [0.15, 0.2) is 5.78 Å². The smallest absolute Gasteiger partial charge is 0.255 e. The third-order valence-electron chi connectivity index (χ3n) is 4.56. The number of hydrogen-bond donors (Lipinski definition) is 3. The number of carbonyl (C=O) groups is 3. The van der Waals surface area contributed by atoms with Crippen LogP contribution in [-0.4, -0.2) is 23.6 Å². The Bertz CT molecular complexity index is 1100. The van der Waals surface area contributed by atoms with Gasteiger partial charge in [0.25, 0.3) is 5.91 Å². The van der Waals surface area contributed by atoms with E-state index in [0.29, 0.717) is 27.5 Å². The average Bonchev–Trinajstić information content (AvgIpc) is 2.75. The molecule has 0 saturated carbocycles. The Kier molecular flexibility index (Phi) is 7.05. The summed E-state index contributed by atoms with van der Waals surface area (Å²) in [5.74, 6) is -0.538. The van der Waals surface area contributed by atoms with Gasteiger partial charge in [0.2, 0.25) is 5.91 Å². The topological polar surface area (TPSA) is 87.3 Å². The van der Waals surface area contributed by atoms with Crippen molar-refractivity contribution in [2.75, 3.05) is 16.0 Å². The Hall–Kier alpha value is -3.64. The van der Waals surface area contributed by atoms with Crippen LogP contribution in [0.4, 0.5) is 17.1 Å². The molecule has 0 aliphatic rings. The summed E-state index contributed by atoms with van der Waals surface area (Å²) in [5.41, 5.74) is 2.96. The molecule has 158 valence electrons. The maximum atomic E-state index is 12.5. The quantitative estimate of drug-likeness (QED) is 0.443. The number of carbonyl (C=O) groups excluding carboxylic acids is 3. The lowest BCUT2D eigenvalue weighted by Crippen LogP contribution is -2.31. The van der Waals surface area contributed by atoms with E-state index in [1.165, 1.54) is 6.92 Å². The van der Waals surface area contributed by atoms with E-state index in [1.807, 2.05) is 0 Å². The van der Waals surface area contributed by atoms with Crippen molar-refractivity contribution >= 4 is 46.3 Å². The van der Waals surface area contributed by atoms with Gasteiger partial charge in [-0.1, -0.05) is 23.7 Å². The first kappa shape index (κ1) is 22.1. The average molecular weight is 436 g/mol. The minimum Gasteiger partial charge on any atom is -0.374 e. The summed E-state index contributed by atoms with van der Waals surface area (Å²) in [5, 5.41) is 9.29. The SMILES string of the molecule is CC(=O)c1cccc(NC(=O)C(C)Nc2ccc(NC(=O)c3ccc(Cl)cc3)cc2)c1. The van der Waals surface area contributed by atoms with Crippen LogP contribution in [0.15, 0.2) is 72.8 Å². The van der Waals surface area contributed by atoms with E-state index in [4.69, 9.17) is 11.6 Å². The first-order chi connectivity index (χ1) is 14.8. The zero-order valence-corrected chi connectivity index (χ0v) is 17.9. The van der Waals surface area contributed by atoms with Crippen molar-refractivity contribution < 1.29 is 14.4 Å². The van der Waals surface area contributed by atoms with Crippen molar-refractivity contribution in [1.29, 1.82) is 0 Å². The van der Waals surface area contributed by atoms with Gasteiger partial charge in [0.05, 0.1) is 0 Å². The Balaban J connectivity index is 1.56. The third kappa shape index (κ3) is 6.17. The standard InChI is InChI=1S/C24H22ClN3O3/c1-15(23(30)28-22-5-3-4-18(14-22)16(2)29)26-20-10-12-21(13-11-20)27-24(31)17-6-8-19(25)9-7-17/h3-15,26H,1-2H3,(H,27,31)(H,28,30). The highest BCUT2D eigenvalue weighted by molar-refractivity contribution is 6.30. The number of amides is 2. The van der Waals surface area contributed by atoms with E-state index >= 15 is 0 Å². The number of benzene rings is 3. The lowest BCUT2D eigenvalue weighted by Gasteiger charge is -2.16. The predicted molar refractivity (Wildman–Crippen MR) is 124 cm³/mol. The Morgan fingerprint density at radius 3 is 2.06 bits per heavy atom. The number of nitrogens with one attached hydrogen (secondary N) is 3. The summed E-state index contributed by atoms with van der Waals surface area (Å²) in [6.07, 6.45) is 0. The molecule has 6 nitrogen and oxygen atoms in total. The lowest BCUT2D eigenvalue weighted by atomic mass is 10.1. The van der Waals surface area contributed by atoms with E-state index in [0.717, 1.165) is 5.69 Å². The summed E-state index contributed by atoms with van der Waals surface area (Å²) in [6, 6.07) is 20.0. The molecule has 0 aliphatic heterocycles. The summed E-state index contributed by atoms with van der Waals surface area (Å²) in [4.78, 5) is 36.2. The minimum atomic E-state index is -0.518. The number of halogens is 1. The molecule has 0 heterocycles. The van der Waals surface area contributed by atoms with E-state index in [9.17, 15) is 14.4 Å². The van der Waals surface area contributed by atoms with Crippen molar-refractivity contribution in [3.8, 4) is 0 Å². The van der Waals surface area contributed by atoms with Crippen LogP contribution in [0.25, 0.3) is 0 Å². The molecule has 1 unspecified atom stereocenters. The highest BCUT2D eigenvalue weighted by atomic mass is 35.5. The van der Waals surface area contributed by atoms with Crippen molar-refractivity contribution in [3.05, 3.63) is 88.9 Å². The van der Waals surface area contributed by atoms with Crippen LogP contribution in [0.1, 0.15) is 34.6 Å². The molecule has 0 spiro atoms. The van der Waals surface area contributed by atoms with Gasteiger partial charge in [0.1, 0.15) is 6.04 Å². The Labute approximate surface area is 185 Å². The van der Waals surface area contributed by atoms with E-state index in [2.05, 4.69) is 16.0 Å². The van der Waals surface area contributed by atoms with Crippen LogP contribution < -0.4 is 16.0 Å². The molecule has 0 saturated heterocycles. The first-order valence-corrected chi connectivity index (χ1v) is 10.0. The first-order valence-electron chi connectivity index (χ1n) is 9.67. The second-order valence-electron chi connectivity index (χ2n) is 7.03. The number of hydrogen-bond acceptors (Lipinski definition) is 4. The number of Topliss-reactive ketones (excluding diaryl/α,β-unsaturated/α-hetero) is 1. The zero-order chi connectivity index (χ0) is 22.4. The summed E-state index contributed by atoms with van der Waals surface area (Å²) >= 11 is 5.84. The second kappa shape index (κ2) is 9.91. The Morgan fingerprint density at radius 1 is 0.774 bits per heavy atom. The monoisotopic (exact) mass is 435 g/mol. The molecule has 0 aliphatic carbocycles. The summed E-state index contributed by atoms with van der Waals surface area (Å²) < 4.78 is 0. The van der Waals surface area contributed by atoms with Crippen molar-refractivity contribution in [2.45, 2.75) is 19.9 Å². The van der Waals surface area contributed by atoms with Crippen LogP contribution in [-0.2, 0) is 4.79 Å². The van der Waals surface area contributed by atoms with Crippen molar-refractivity contribution in [1.82, 2.24) is 0 Å². The zero-order valence-electron chi connectivity index (χ0n) is 17.1. The number of anilines is 3. The fourth-order valence-electron chi connectivity index (χ4n) is 2.84. The minimum absolute atomic E-state index is 0.0643. The third-order valence-corrected chi connectivity index (χ3v) is 4.81. The van der Waals surface area contributed by atoms with Gasteiger partial charge < -0.3 is 16.0 Å². The van der Waals surface area contributed by atoms with Gasteiger partial charge in [-0.05, 0) is 74.5 Å². The van der Waals surface area contributed by atoms with Gasteiger partial charge in [0, 0.05) is 33.2 Å². The predicted octanol–water partition coefficient (Wildman–Crippen LogP) is 5.23. The van der Waals surface area contributed by atoms with E-state index < -0.39 is 6.04 Å². The number of ketones is 1. The Morgan fingerprint density at radius 2 is 1.42 bits per heavy atom. The highest BCUT2D eigenvalue weighted by Crippen LogP contribution is 2.17. The van der Waals surface area contributed by atoms with Gasteiger partial charge in [-0.2, -0.15) is 0 Å². The molecule has 3 aromatic rings. The second-order valence-corrected chi connectivity index (χ2v) is 7.47. The fraction of sp³-hybridized carbons (Fsp3) is 0.125. The highest BCUT2D eigenvalue weighted by Gasteiger charge is 2.14. The molecule has 3 aromatic carbocycles. The molecule has 31 heavy (non-hydrogen) atoms. The van der Waals surface area contributed by atoms with Crippen LogP contribution in [0, 0.1) is 0 Å². The molecule has 0 radical (unpaired) electrons. The molecule has 0 aromatic heterocycles. The van der Waals surface area contributed by atoms with Gasteiger partial charge in [-0.15, -0.1) is 0 Å². The van der Waals surface area contributed by atoms with Crippen LogP contribution >= 0.6 is 11.6 Å².